The maximum absolute atomic E-state index is 12.4. The molecule has 52 heavy (non-hydrogen) atoms. The van der Waals surface area contributed by atoms with Gasteiger partial charge in [-0.05, 0) is 51.4 Å². The van der Waals surface area contributed by atoms with E-state index in [9.17, 15) is 24.4 Å². The average Bonchev–Trinajstić information content (AvgIpc) is 3.11. The molecule has 0 unspecified atom stereocenters. The molecule has 0 saturated heterocycles. The topological polar surface area (TPSA) is 160 Å². The number of aliphatic hydroxyl groups is 2. The van der Waals surface area contributed by atoms with Crippen LogP contribution < -0.4 is 0 Å². The first kappa shape index (κ1) is 49.9. The maximum Gasteiger partial charge on any atom is 0.469 e. The van der Waals surface area contributed by atoms with Crippen molar-refractivity contribution in [2.45, 2.75) is 186 Å². The highest BCUT2D eigenvalue weighted by Gasteiger charge is 2.23. The number of rotatable bonds is 36. The summed E-state index contributed by atoms with van der Waals surface area (Å²) in [6, 6.07) is 0. The Labute approximate surface area is 315 Å². The van der Waals surface area contributed by atoms with E-state index in [1.807, 2.05) is 18.2 Å². The molecular weight excluding hydrogens is 683 g/mol. The summed E-state index contributed by atoms with van der Waals surface area (Å²) in [7, 11) is -4.82. The lowest BCUT2D eigenvalue weighted by Crippen LogP contribution is -2.29. The number of carbonyl (C=O) groups excluding carboxylic acids is 2. The molecule has 0 amide bonds. The number of phosphoric acid groups is 1. The van der Waals surface area contributed by atoms with Crippen LogP contribution in [0.1, 0.15) is 168 Å². The van der Waals surface area contributed by atoms with Crippen LogP contribution in [0.5, 0.6) is 0 Å². The van der Waals surface area contributed by atoms with Crippen LogP contribution in [-0.4, -0.2) is 63.5 Å². The quantitative estimate of drug-likeness (QED) is 0.0210. The zero-order chi connectivity index (χ0) is 38.5. The van der Waals surface area contributed by atoms with Gasteiger partial charge in [-0.25, -0.2) is 4.57 Å². The van der Waals surface area contributed by atoms with Crippen LogP contribution in [0.15, 0.2) is 48.6 Å². The van der Waals surface area contributed by atoms with Crippen LogP contribution in [0.2, 0.25) is 0 Å². The number of ether oxygens (including phenoxy) is 2. The molecule has 3 atom stereocenters. The fourth-order valence-corrected chi connectivity index (χ4v) is 5.82. The number of hydrogen-bond acceptors (Lipinski definition) is 8. The Kier molecular flexibility index (Phi) is 34.5. The van der Waals surface area contributed by atoms with Gasteiger partial charge in [0.2, 0.25) is 0 Å². The molecule has 4 N–H and O–H groups in total. The molecule has 10 nitrogen and oxygen atoms in total. The van der Waals surface area contributed by atoms with E-state index in [0.29, 0.717) is 6.42 Å². The van der Waals surface area contributed by atoms with Gasteiger partial charge in [-0.15, -0.1) is 0 Å². The molecule has 0 aliphatic carbocycles. The second-order valence-corrected chi connectivity index (χ2v) is 14.8. The van der Waals surface area contributed by atoms with Gasteiger partial charge in [-0.3, -0.25) is 14.1 Å². The van der Waals surface area contributed by atoms with E-state index < -0.39 is 51.3 Å². The van der Waals surface area contributed by atoms with Gasteiger partial charge in [0.05, 0.1) is 18.8 Å². The summed E-state index contributed by atoms with van der Waals surface area (Å²) in [6.07, 6.45) is 35.8. The molecule has 0 aromatic rings. The van der Waals surface area contributed by atoms with Gasteiger partial charge < -0.3 is 29.5 Å². The number of carbonyl (C=O) groups is 2. The van der Waals surface area contributed by atoms with Crippen LogP contribution in [0.25, 0.3) is 0 Å². The molecule has 0 fully saturated rings. The zero-order valence-corrected chi connectivity index (χ0v) is 33.3. The highest BCUT2D eigenvalue weighted by atomic mass is 31.2. The van der Waals surface area contributed by atoms with Crippen molar-refractivity contribution in [1.82, 2.24) is 0 Å². The van der Waals surface area contributed by atoms with E-state index >= 15 is 0 Å². The number of unbranched alkanes of at least 4 members (excludes halogenated alkanes) is 14. The van der Waals surface area contributed by atoms with E-state index in [1.54, 1.807) is 0 Å². The standard InChI is InChI=1S/C41H73O10P/c1-3-5-7-9-11-13-15-17-18-19-21-23-25-27-29-33-41(45)51-37(36-50-52(46,47)48)35-49-40(44)34-30-32-39(43)38(42)31-28-26-24-22-20-16-14-12-10-8-6-4-2/h6,8,12,14,20,22,26,28,37-39,42-43H,3-5,7,9-11,13,15-19,21,23-25,27,29-36H2,1-2H3,(H2,46,47,48)/b8-6-,14-12-,22-20-,28-26-/t37-,38+,39+/m1/s1. The molecule has 302 valence electrons. The molecule has 0 rings (SSSR count). The van der Waals surface area contributed by atoms with E-state index in [1.165, 1.54) is 70.6 Å². The SMILES string of the molecule is CC/C=C\C/C=C\C/C=C\C/C=C\C[C@H](O)[C@@H](O)CCCC(=O)OC[C@H](COP(=O)(O)O)OC(=O)CCCCCCCCCCCCCCCCC. The lowest BCUT2D eigenvalue weighted by molar-refractivity contribution is -0.161. The third kappa shape index (κ3) is 36.3. The highest BCUT2D eigenvalue weighted by Crippen LogP contribution is 2.36. The van der Waals surface area contributed by atoms with E-state index in [0.717, 1.165) is 44.9 Å². The Balaban J connectivity index is 4.18. The first-order valence-electron chi connectivity index (χ1n) is 20.1. The van der Waals surface area contributed by atoms with E-state index in [-0.39, 0.29) is 32.1 Å². The van der Waals surface area contributed by atoms with Crippen molar-refractivity contribution in [3.05, 3.63) is 48.6 Å². The number of aliphatic hydroxyl groups excluding tert-OH is 2. The van der Waals surface area contributed by atoms with Crippen molar-refractivity contribution in [2.75, 3.05) is 13.2 Å². The van der Waals surface area contributed by atoms with Gasteiger partial charge in [-0.1, -0.05) is 152 Å². The Morgan fingerprint density at radius 2 is 1.04 bits per heavy atom. The summed E-state index contributed by atoms with van der Waals surface area (Å²) in [5, 5.41) is 20.5. The van der Waals surface area contributed by atoms with Crippen LogP contribution in [-0.2, 0) is 28.2 Å². The summed E-state index contributed by atoms with van der Waals surface area (Å²) in [6.45, 7) is 3.31. The predicted molar refractivity (Wildman–Crippen MR) is 210 cm³/mol. The molecule has 0 aliphatic heterocycles. The summed E-state index contributed by atoms with van der Waals surface area (Å²) in [5.41, 5.74) is 0. The molecule has 0 heterocycles. The fourth-order valence-electron chi connectivity index (χ4n) is 5.46. The van der Waals surface area contributed by atoms with Crippen molar-refractivity contribution in [1.29, 1.82) is 0 Å². The Bertz CT molecular complexity index is 1020. The Morgan fingerprint density at radius 3 is 1.54 bits per heavy atom. The smallest absolute Gasteiger partial charge is 0.462 e. The molecule has 0 bridgehead atoms. The third-order valence-corrected chi connectivity index (χ3v) is 9.05. The largest absolute Gasteiger partial charge is 0.469 e. The summed E-state index contributed by atoms with van der Waals surface area (Å²) >= 11 is 0. The minimum Gasteiger partial charge on any atom is -0.462 e. The Morgan fingerprint density at radius 1 is 0.577 bits per heavy atom. The van der Waals surface area contributed by atoms with Crippen molar-refractivity contribution in [2.24, 2.45) is 0 Å². The molecule has 0 aromatic carbocycles. The molecule has 0 radical (unpaired) electrons. The minimum atomic E-state index is -4.82. The summed E-state index contributed by atoms with van der Waals surface area (Å²) in [4.78, 5) is 42.8. The van der Waals surface area contributed by atoms with E-state index in [4.69, 9.17) is 19.3 Å². The van der Waals surface area contributed by atoms with Crippen molar-refractivity contribution < 1.29 is 48.2 Å². The van der Waals surface area contributed by atoms with Gasteiger partial charge >= 0.3 is 19.8 Å². The molecular formula is C41H73O10P. The second kappa shape index (κ2) is 35.9. The van der Waals surface area contributed by atoms with Crippen molar-refractivity contribution in [3.8, 4) is 0 Å². The molecule has 0 saturated carbocycles. The van der Waals surface area contributed by atoms with Gasteiger partial charge in [0.15, 0.2) is 6.10 Å². The molecule has 0 aliphatic rings. The van der Waals surface area contributed by atoms with Crippen molar-refractivity contribution in [3.63, 3.8) is 0 Å². The molecule has 0 aromatic heterocycles. The fraction of sp³-hybridized carbons (Fsp3) is 0.756. The lowest BCUT2D eigenvalue weighted by atomic mass is 10.0. The van der Waals surface area contributed by atoms with Crippen LogP contribution in [0, 0.1) is 0 Å². The number of phosphoric ester groups is 1. The number of allylic oxidation sites excluding steroid dienone is 7. The molecule has 0 spiro atoms. The second-order valence-electron chi connectivity index (χ2n) is 13.5. The van der Waals surface area contributed by atoms with Gasteiger partial charge in [0.1, 0.15) is 6.61 Å². The van der Waals surface area contributed by atoms with Gasteiger partial charge in [0.25, 0.3) is 0 Å². The van der Waals surface area contributed by atoms with Gasteiger partial charge in [0, 0.05) is 12.8 Å². The van der Waals surface area contributed by atoms with Crippen LogP contribution >= 0.6 is 7.82 Å². The summed E-state index contributed by atoms with van der Waals surface area (Å²) in [5.74, 6) is -1.17. The van der Waals surface area contributed by atoms with Gasteiger partial charge in [-0.2, -0.15) is 0 Å². The summed E-state index contributed by atoms with van der Waals surface area (Å²) < 4.78 is 26.2. The first-order valence-corrected chi connectivity index (χ1v) is 21.6. The zero-order valence-electron chi connectivity index (χ0n) is 32.4. The predicted octanol–water partition coefficient (Wildman–Crippen LogP) is 9.90. The monoisotopic (exact) mass is 756 g/mol. The van der Waals surface area contributed by atoms with Crippen LogP contribution in [0.4, 0.5) is 0 Å². The highest BCUT2D eigenvalue weighted by molar-refractivity contribution is 7.46. The maximum atomic E-state index is 12.4. The number of hydrogen-bond donors (Lipinski definition) is 4. The Hall–Kier alpha value is -2.07. The van der Waals surface area contributed by atoms with E-state index in [2.05, 4.69) is 48.8 Å². The van der Waals surface area contributed by atoms with Crippen molar-refractivity contribution >= 4 is 19.8 Å². The third-order valence-electron chi connectivity index (χ3n) is 8.56. The van der Waals surface area contributed by atoms with Crippen LogP contribution in [0.3, 0.4) is 0 Å². The average molecular weight is 757 g/mol. The number of esters is 2. The molecule has 11 heteroatoms. The first-order chi connectivity index (χ1) is 25.1. The lowest BCUT2D eigenvalue weighted by Gasteiger charge is -2.19. The minimum absolute atomic E-state index is 0.0487. The normalized spacial score (nSPS) is 14.2.